The first kappa shape index (κ1) is 19.2. The van der Waals surface area contributed by atoms with E-state index in [4.69, 9.17) is 9.47 Å². The van der Waals surface area contributed by atoms with Crippen molar-refractivity contribution in [3.63, 3.8) is 0 Å². The molecule has 0 aromatic heterocycles. The molecule has 0 aromatic rings. The van der Waals surface area contributed by atoms with Gasteiger partial charge in [-0.1, -0.05) is 0 Å². The molecule has 152 valence electrons. The number of amides is 2. The third-order valence-electron chi connectivity index (χ3n) is 6.43. The van der Waals surface area contributed by atoms with E-state index in [1.165, 1.54) is 12.8 Å². The molecule has 0 bridgehead atoms. The Balaban J connectivity index is 1.36. The number of fused-ring (bicyclic) bond motifs is 1. The lowest BCUT2D eigenvalue weighted by atomic mass is 9.84. The molecule has 0 unspecified atom stereocenters. The van der Waals surface area contributed by atoms with Gasteiger partial charge >= 0.3 is 0 Å². The van der Waals surface area contributed by atoms with Crippen LogP contribution in [0.15, 0.2) is 0 Å². The highest BCUT2D eigenvalue weighted by atomic mass is 16.5. The average molecular weight is 380 g/mol. The van der Waals surface area contributed by atoms with Crippen LogP contribution in [0.2, 0.25) is 0 Å². The Morgan fingerprint density at radius 2 is 1.96 bits per heavy atom. The molecule has 0 spiro atoms. The Labute approximate surface area is 161 Å². The van der Waals surface area contributed by atoms with E-state index in [1.54, 1.807) is 7.11 Å². The smallest absolute Gasteiger partial charge is 0.222 e. The summed E-state index contributed by atoms with van der Waals surface area (Å²) in [7, 11) is 1.63. The van der Waals surface area contributed by atoms with Crippen LogP contribution in [0, 0.1) is 17.8 Å². The summed E-state index contributed by atoms with van der Waals surface area (Å²) in [5.41, 5.74) is 0. The number of carbonyl (C=O) groups excluding carboxylic acids is 2. The van der Waals surface area contributed by atoms with Crippen molar-refractivity contribution in [2.75, 3.05) is 40.0 Å². The lowest BCUT2D eigenvalue weighted by Gasteiger charge is -2.23. The lowest BCUT2D eigenvalue weighted by molar-refractivity contribution is -0.124. The summed E-state index contributed by atoms with van der Waals surface area (Å²) in [4.78, 5) is 27.2. The molecular formula is C20H33N3O4. The molecule has 2 aliphatic carbocycles. The quantitative estimate of drug-likeness (QED) is 0.542. The van der Waals surface area contributed by atoms with E-state index < -0.39 is 0 Å². The number of methoxy groups -OCH3 is 1. The van der Waals surface area contributed by atoms with Crippen molar-refractivity contribution in [3.8, 4) is 0 Å². The Hall–Kier alpha value is -1.18. The van der Waals surface area contributed by atoms with Crippen LogP contribution >= 0.6 is 0 Å². The third-order valence-corrected chi connectivity index (χ3v) is 6.43. The molecule has 2 heterocycles. The van der Waals surface area contributed by atoms with Gasteiger partial charge in [-0.15, -0.1) is 0 Å². The molecule has 2 N–H and O–H groups in total. The fraction of sp³-hybridized carbons (Fsp3) is 0.900. The first-order chi connectivity index (χ1) is 13.1. The van der Waals surface area contributed by atoms with Crippen molar-refractivity contribution in [1.29, 1.82) is 0 Å². The predicted molar refractivity (Wildman–Crippen MR) is 100 cm³/mol. The number of likely N-dealkylation sites (tertiary alicyclic amines) is 1. The Morgan fingerprint density at radius 1 is 1.15 bits per heavy atom. The molecule has 7 heteroatoms. The van der Waals surface area contributed by atoms with Crippen LogP contribution in [0.25, 0.3) is 0 Å². The van der Waals surface area contributed by atoms with Gasteiger partial charge in [-0.3, -0.25) is 14.5 Å². The maximum atomic E-state index is 12.4. The van der Waals surface area contributed by atoms with Crippen LogP contribution in [0.4, 0.5) is 0 Å². The molecule has 0 radical (unpaired) electrons. The molecule has 2 saturated heterocycles. The van der Waals surface area contributed by atoms with Crippen molar-refractivity contribution < 1.29 is 19.1 Å². The molecule has 27 heavy (non-hydrogen) atoms. The third kappa shape index (κ3) is 5.00. The maximum absolute atomic E-state index is 12.4. The van der Waals surface area contributed by atoms with Crippen molar-refractivity contribution in [2.24, 2.45) is 17.8 Å². The van der Waals surface area contributed by atoms with Gasteiger partial charge in [-0.05, 0) is 37.5 Å². The van der Waals surface area contributed by atoms with Gasteiger partial charge in [0.2, 0.25) is 11.8 Å². The number of rotatable bonds is 10. The number of nitrogens with one attached hydrogen (secondary N) is 2. The molecule has 0 aromatic carbocycles. The van der Waals surface area contributed by atoms with Crippen LogP contribution in [0.3, 0.4) is 0 Å². The normalized spacial score (nSPS) is 33.1. The van der Waals surface area contributed by atoms with E-state index in [-0.39, 0.29) is 29.8 Å². The van der Waals surface area contributed by atoms with Crippen LogP contribution in [0.5, 0.6) is 0 Å². The van der Waals surface area contributed by atoms with Gasteiger partial charge in [0.15, 0.2) is 0 Å². The summed E-state index contributed by atoms with van der Waals surface area (Å²) in [6.45, 7) is 3.82. The molecule has 7 nitrogen and oxygen atoms in total. The molecule has 4 aliphatic rings. The average Bonchev–Trinajstić information content (AvgIpc) is 3.54. The van der Waals surface area contributed by atoms with E-state index >= 15 is 0 Å². The highest BCUT2D eigenvalue weighted by Gasteiger charge is 2.51. The number of hydrogen-bond acceptors (Lipinski definition) is 5. The van der Waals surface area contributed by atoms with Gasteiger partial charge < -0.3 is 20.1 Å². The standard InChI is InChI=1S/C20H33N3O4/c1-26-7-6-21-18(24)9-17-20-14(8-19(25)22-15-4-5-15)11-23(10-13-2-3-13)16(20)12-27-17/h13-17,20H,2-12H2,1H3,(H,21,24)(H,22,25)/t14-,16-,17+,20-/m1/s1. The summed E-state index contributed by atoms with van der Waals surface area (Å²) in [5.74, 6) is 1.57. The zero-order valence-electron chi connectivity index (χ0n) is 16.3. The molecule has 2 aliphatic heterocycles. The number of nitrogens with zero attached hydrogens (tertiary/aromatic N) is 1. The summed E-state index contributed by atoms with van der Waals surface area (Å²) < 4.78 is 11.1. The number of hydrogen-bond donors (Lipinski definition) is 2. The highest BCUT2D eigenvalue weighted by Crippen LogP contribution is 2.43. The summed E-state index contributed by atoms with van der Waals surface area (Å²) in [6, 6.07) is 0.764. The predicted octanol–water partition coefficient (Wildman–Crippen LogP) is 0.533. The van der Waals surface area contributed by atoms with Gasteiger partial charge in [0.25, 0.3) is 0 Å². The Bertz CT molecular complexity index is 549. The van der Waals surface area contributed by atoms with Crippen molar-refractivity contribution in [2.45, 2.75) is 56.7 Å². The van der Waals surface area contributed by atoms with Gasteiger partial charge in [0, 0.05) is 51.2 Å². The SMILES string of the molecule is COCCNC(=O)C[C@@H]1OC[C@@H]2[C@H]1[C@H](CC(=O)NC1CC1)CN2CC1CC1. The number of ether oxygens (including phenoxy) is 2. The Morgan fingerprint density at radius 3 is 2.67 bits per heavy atom. The molecule has 2 amide bonds. The minimum absolute atomic E-state index is 0.0134. The van der Waals surface area contributed by atoms with Crippen LogP contribution in [-0.4, -0.2) is 74.9 Å². The summed E-state index contributed by atoms with van der Waals surface area (Å²) in [5, 5.41) is 6.02. The topological polar surface area (TPSA) is 79.9 Å². The first-order valence-electron chi connectivity index (χ1n) is 10.5. The largest absolute Gasteiger partial charge is 0.383 e. The van der Waals surface area contributed by atoms with E-state index in [0.29, 0.717) is 44.7 Å². The zero-order chi connectivity index (χ0) is 18.8. The highest BCUT2D eigenvalue weighted by molar-refractivity contribution is 5.77. The van der Waals surface area contributed by atoms with E-state index in [1.807, 2.05) is 0 Å². The monoisotopic (exact) mass is 379 g/mol. The van der Waals surface area contributed by atoms with Crippen molar-refractivity contribution in [1.82, 2.24) is 15.5 Å². The lowest BCUT2D eigenvalue weighted by Crippen LogP contribution is -2.37. The molecular weight excluding hydrogens is 346 g/mol. The fourth-order valence-corrected chi connectivity index (χ4v) is 4.75. The van der Waals surface area contributed by atoms with E-state index in [0.717, 1.165) is 31.8 Å². The second-order valence-corrected chi connectivity index (χ2v) is 8.77. The fourth-order valence-electron chi connectivity index (χ4n) is 4.75. The molecule has 4 rings (SSSR count). The summed E-state index contributed by atoms with van der Waals surface area (Å²) >= 11 is 0. The second-order valence-electron chi connectivity index (χ2n) is 8.77. The Kier molecular flexibility index (Phi) is 5.99. The zero-order valence-corrected chi connectivity index (χ0v) is 16.3. The first-order valence-corrected chi connectivity index (χ1v) is 10.5. The van der Waals surface area contributed by atoms with E-state index in [9.17, 15) is 9.59 Å². The number of carbonyl (C=O) groups is 2. The van der Waals surface area contributed by atoms with Crippen LogP contribution in [0.1, 0.15) is 38.5 Å². The molecule has 4 atom stereocenters. The second kappa shape index (κ2) is 8.45. The van der Waals surface area contributed by atoms with Gasteiger partial charge in [-0.2, -0.15) is 0 Å². The molecule has 2 saturated carbocycles. The van der Waals surface area contributed by atoms with Crippen molar-refractivity contribution >= 4 is 11.8 Å². The van der Waals surface area contributed by atoms with Gasteiger partial charge in [0.05, 0.1) is 25.7 Å². The van der Waals surface area contributed by atoms with Crippen molar-refractivity contribution in [3.05, 3.63) is 0 Å². The minimum atomic E-state index is -0.0829. The van der Waals surface area contributed by atoms with E-state index in [2.05, 4.69) is 15.5 Å². The van der Waals surface area contributed by atoms with Crippen LogP contribution < -0.4 is 10.6 Å². The van der Waals surface area contributed by atoms with Gasteiger partial charge in [-0.25, -0.2) is 0 Å². The van der Waals surface area contributed by atoms with Crippen LogP contribution in [-0.2, 0) is 19.1 Å². The van der Waals surface area contributed by atoms with Gasteiger partial charge in [0.1, 0.15) is 0 Å². The minimum Gasteiger partial charge on any atom is -0.383 e. The summed E-state index contributed by atoms with van der Waals surface area (Å²) in [6.07, 6.45) is 5.74. The molecule has 4 fully saturated rings. The maximum Gasteiger partial charge on any atom is 0.222 e.